The van der Waals surface area contributed by atoms with Gasteiger partial charge in [-0.1, -0.05) is 12.1 Å². The van der Waals surface area contributed by atoms with Crippen LogP contribution in [0.25, 0.3) is 10.8 Å². The Labute approximate surface area is 110 Å². The summed E-state index contributed by atoms with van der Waals surface area (Å²) in [6.07, 6.45) is 2.09. The summed E-state index contributed by atoms with van der Waals surface area (Å²) in [5.74, 6) is -0.198. The maximum Gasteiger partial charge on any atom is 0.310 e. The lowest BCUT2D eigenvalue weighted by Gasteiger charge is -2.08. The molecule has 0 spiro atoms. The number of esters is 1. The molecule has 0 fully saturated rings. The lowest BCUT2D eigenvalue weighted by Crippen LogP contribution is -2.04. The van der Waals surface area contributed by atoms with Gasteiger partial charge in [-0.25, -0.2) is 0 Å². The molecule has 0 saturated carbocycles. The molecule has 0 atom stereocenters. The van der Waals surface area contributed by atoms with E-state index in [0.29, 0.717) is 5.56 Å². The van der Waals surface area contributed by atoms with Gasteiger partial charge in [-0.2, -0.15) is 0 Å². The van der Waals surface area contributed by atoms with E-state index in [1.807, 2.05) is 30.5 Å². The molecule has 4 heteroatoms. The molecule has 0 aromatic heterocycles. The number of benzene rings is 2. The third kappa shape index (κ3) is 2.43. The fraction of sp³-hybridized carbons (Fsp3) is 0.214. The topological polar surface area (TPSA) is 46.5 Å². The lowest BCUT2D eigenvalue weighted by atomic mass is 10.0. The second kappa shape index (κ2) is 5.31. The number of hydrogen-bond donors (Lipinski definition) is 1. The van der Waals surface area contributed by atoms with Crippen molar-refractivity contribution >= 4 is 28.5 Å². The molecule has 3 nitrogen and oxygen atoms in total. The molecule has 2 aromatic carbocycles. The predicted molar refractivity (Wildman–Crippen MR) is 73.1 cm³/mol. The number of carbonyl (C=O) groups excluding carboxylic acids is 1. The zero-order valence-electron chi connectivity index (χ0n) is 10.3. The minimum atomic E-state index is -0.356. The number of carbonyl (C=O) groups is 1. The van der Waals surface area contributed by atoms with Crippen molar-refractivity contribution in [1.82, 2.24) is 0 Å². The largest absolute Gasteiger partial charge is 0.507 e. The van der Waals surface area contributed by atoms with Crippen molar-refractivity contribution in [1.29, 1.82) is 0 Å². The number of thioether (sulfide) groups is 1. The Kier molecular flexibility index (Phi) is 3.77. The summed E-state index contributed by atoms with van der Waals surface area (Å²) >= 11 is 1.65. The van der Waals surface area contributed by atoms with Gasteiger partial charge in [0.15, 0.2) is 0 Å². The molecule has 0 aliphatic heterocycles. The first kappa shape index (κ1) is 12.8. The highest BCUT2D eigenvalue weighted by Gasteiger charge is 2.10. The number of rotatable bonds is 3. The lowest BCUT2D eigenvalue weighted by molar-refractivity contribution is -0.139. The second-order valence-corrected chi connectivity index (χ2v) is 4.79. The Hall–Kier alpha value is -1.68. The standard InChI is InChI=1S/C14H14O3S/c1-17-13(15)8-10-4-3-9-7-11(18-2)5-6-12(9)14(10)16/h3-7,16H,8H2,1-2H3. The van der Waals surface area contributed by atoms with Crippen molar-refractivity contribution in [2.45, 2.75) is 11.3 Å². The van der Waals surface area contributed by atoms with Crippen LogP contribution in [0.4, 0.5) is 0 Å². The highest BCUT2D eigenvalue weighted by molar-refractivity contribution is 7.98. The first-order chi connectivity index (χ1) is 8.65. The number of aromatic hydroxyl groups is 1. The fourth-order valence-electron chi connectivity index (χ4n) is 1.83. The number of hydrogen-bond acceptors (Lipinski definition) is 4. The number of phenols is 1. The smallest absolute Gasteiger partial charge is 0.310 e. The number of phenolic OH excluding ortho intramolecular Hbond substituents is 1. The first-order valence-electron chi connectivity index (χ1n) is 5.51. The predicted octanol–water partition coefficient (Wildman–Crippen LogP) is 2.98. The van der Waals surface area contributed by atoms with E-state index in [-0.39, 0.29) is 18.1 Å². The summed E-state index contributed by atoms with van der Waals surface area (Å²) in [4.78, 5) is 12.4. The molecular weight excluding hydrogens is 248 g/mol. The molecule has 0 heterocycles. The van der Waals surface area contributed by atoms with E-state index in [2.05, 4.69) is 4.74 Å². The summed E-state index contributed by atoms with van der Waals surface area (Å²) in [5, 5.41) is 11.9. The highest BCUT2D eigenvalue weighted by atomic mass is 32.2. The van der Waals surface area contributed by atoms with Crippen molar-refractivity contribution in [2.24, 2.45) is 0 Å². The van der Waals surface area contributed by atoms with Crippen molar-refractivity contribution in [3.05, 3.63) is 35.9 Å². The Morgan fingerprint density at radius 3 is 2.78 bits per heavy atom. The van der Waals surface area contributed by atoms with E-state index < -0.39 is 0 Å². The SMILES string of the molecule is COC(=O)Cc1ccc2cc(SC)ccc2c1O. The average molecular weight is 262 g/mol. The van der Waals surface area contributed by atoms with Gasteiger partial charge in [0.05, 0.1) is 13.5 Å². The highest BCUT2D eigenvalue weighted by Crippen LogP contribution is 2.31. The molecule has 0 aliphatic rings. The third-order valence-corrected chi connectivity index (χ3v) is 3.57. The third-order valence-electron chi connectivity index (χ3n) is 2.84. The van der Waals surface area contributed by atoms with Crippen LogP contribution in [-0.4, -0.2) is 24.4 Å². The summed E-state index contributed by atoms with van der Waals surface area (Å²) in [6.45, 7) is 0. The zero-order valence-corrected chi connectivity index (χ0v) is 11.1. The van der Waals surface area contributed by atoms with Gasteiger partial charge in [-0.05, 0) is 29.8 Å². The van der Waals surface area contributed by atoms with Crippen molar-refractivity contribution < 1.29 is 14.6 Å². The van der Waals surface area contributed by atoms with E-state index in [1.54, 1.807) is 17.8 Å². The minimum Gasteiger partial charge on any atom is -0.507 e. The zero-order chi connectivity index (χ0) is 13.1. The van der Waals surface area contributed by atoms with Crippen LogP contribution in [0.5, 0.6) is 5.75 Å². The number of methoxy groups -OCH3 is 1. The van der Waals surface area contributed by atoms with Gasteiger partial charge in [-0.3, -0.25) is 4.79 Å². The van der Waals surface area contributed by atoms with Crippen LogP contribution in [0.15, 0.2) is 35.2 Å². The summed E-state index contributed by atoms with van der Waals surface area (Å²) in [6, 6.07) is 9.51. The molecule has 1 N–H and O–H groups in total. The molecule has 94 valence electrons. The summed E-state index contributed by atoms with van der Waals surface area (Å²) < 4.78 is 4.60. The Morgan fingerprint density at radius 2 is 2.11 bits per heavy atom. The summed E-state index contributed by atoms with van der Waals surface area (Å²) in [5.41, 5.74) is 0.589. The van der Waals surface area contributed by atoms with E-state index in [9.17, 15) is 9.90 Å². The summed E-state index contributed by atoms with van der Waals surface area (Å²) in [7, 11) is 1.34. The molecule has 0 unspecified atom stereocenters. The van der Waals surface area contributed by atoms with Gasteiger partial charge < -0.3 is 9.84 Å². The normalized spacial score (nSPS) is 10.6. The van der Waals surface area contributed by atoms with Gasteiger partial charge in [0.25, 0.3) is 0 Å². The maximum atomic E-state index is 11.2. The quantitative estimate of drug-likeness (QED) is 0.682. The van der Waals surface area contributed by atoms with E-state index >= 15 is 0 Å². The fourth-order valence-corrected chi connectivity index (χ4v) is 2.28. The van der Waals surface area contributed by atoms with Crippen LogP contribution < -0.4 is 0 Å². The first-order valence-corrected chi connectivity index (χ1v) is 6.73. The van der Waals surface area contributed by atoms with Gasteiger partial charge in [0.1, 0.15) is 5.75 Å². The van der Waals surface area contributed by atoms with Crippen molar-refractivity contribution in [2.75, 3.05) is 13.4 Å². The van der Waals surface area contributed by atoms with Gasteiger partial charge in [0.2, 0.25) is 0 Å². The van der Waals surface area contributed by atoms with Crippen molar-refractivity contribution in [3.63, 3.8) is 0 Å². The maximum absolute atomic E-state index is 11.2. The van der Waals surface area contributed by atoms with Gasteiger partial charge in [-0.15, -0.1) is 11.8 Å². The van der Waals surface area contributed by atoms with E-state index in [0.717, 1.165) is 15.7 Å². The number of ether oxygens (including phenoxy) is 1. The molecule has 0 saturated heterocycles. The van der Waals surface area contributed by atoms with Gasteiger partial charge in [0, 0.05) is 15.8 Å². The van der Waals surface area contributed by atoms with Crippen LogP contribution in [0.1, 0.15) is 5.56 Å². The molecule has 0 amide bonds. The molecule has 2 rings (SSSR count). The molecular formula is C14H14O3S. The van der Waals surface area contributed by atoms with Crippen LogP contribution in [0, 0.1) is 0 Å². The molecule has 0 bridgehead atoms. The van der Waals surface area contributed by atoms with E-state index in [4.69, 9.17) is 0 Å². The molecule has 18 heavy (non-hydrogen) atoms. The van der Waals surface area contributed by atoms with Crippen LogP contribution in [-0.2, 0) is 16.0 Å². The number of fused-ring (bicyclic) bond motifs is 1. The Bertz CT molecular complexity index is 593. The monoisotopic (exact) mass is 262 g/mol. The van der Waals surface area contributed by atoms with Crippen LogP contribution in [0.2, 0.25) is 0 Å². The van der Waals surface area contributed by atoms with Gasteiger partial charge >= 0.3 is 5.97 Å². The Morgan fingerprint density at radius 1 is 1.33 bits per heavy atom. The Balaban J connectivity index is 2.47. The van der Waals surface area contributed by atoms with Crippen LogP contribution >= 0.6 is 11.8 Å². The minimum absolute atomic E-state index is 0.0859. The molecule has 0 aliphatic carbocycles. The average Bonchev–Trinajstić information content (AvgIpc) is 2.41. The second-order valence-electron chi connectivity index (χ2n) is 3.91. The van der Waals surface area contributed by atoms with Crippen molar-refractivity contribution in [3.8, 4) is 5.75 Å². The molecule has 0 radical (unpaired) electrons. The van der Waals surface area contributed by atoms with Crippen LogP contribution in [0.3, 0.4) is 0 Å². The van der Waals surface area contributed by atoms with E-state index in [1.165, 1.54) is 7.11 Å². The molecule has 2 aromatic rings.